The summed E-state index contributed by atoms with van der Waals surface area (Å²) in [5, 5.41) is 12.2. The van der Waals surface area contributed by atoms with Gasteiger partial charge in [0.2, 0.25) is 0 Å². The van der Waals surface area contributed by atoms with Crippen molar-refractivity contribution >= 4 is 17.3 Å². The zero-order valence-corrected chi connectivity index (χ0v) is 11.9. The number of nitrogen functional groups attached to an aromatic ring is 1. The van der Waals surface area contributed by atoms with E-state index in [1.54, 1.807) is 38.1 Å². The minimum Gasteiger partial charge on any atom is -0.478 e. The number of carboxylic acid groups (broad SMARTS) is 1. The highest BCUT2D eigenvalue weighted by atomic mass is 19.1. The number of carbonyl (C=O) groups is 1. The first-order chi connectivity index (χ1) is 9.88. The van der Waals surface area contributed by atoms with Crippen LogP contribution in [0.25, 0.3) is 0 Å². The lowest BCUT2D eigenvalue weighted by Crippen LogP contribution is -2.07. The minimum absolute atomic E-state index is 0.116. The zero-order valence-electron chi connectivity index (χ0n) is 11.9. The number of benzene rings is 2. The molecular weight excluding hydrogens is 271 g/mol. The lowest BCUT2D eigenvalue weighted by atomic mass is 10.1. The molecule has 0 aromatic heterocycles. The molecule has 0 aliphatic heterocycles. The molecular formula is C16H17FN2O2. The molecule has 21 heavy (non-hydrogen) atoms. The summed E-state index contributed by atoms with van der Waals surface area (Å²) in [7, 11) is 0. The summed E-state index contributed by atoms with van der Waals surface area (Å²) in [5.41, 5.74) is 8.62. The third kappa shape index (κ3) is 3.31. The van der Waals surface area contributed by atoms with E-state index in [4.69, 9.17) is 10.8 Å². The van der Waals surface area contributed by atoms with Crippen LogP contribution in [0.15, 0.2) is 30.3 Å². The van der Waals surface area contributed by atoms with E-state index in [2.05, 4.69) is 5.32 Å². The third-order valence-corrected chi connectivity index (χ3v) is 3.25. The van der Waals surface area contributed by atoms with Gasteiger partial charge in [-0.2, -0.15) is 0 Å². The number of anilines is 2. The number of hydrogen-bond acceptors (Lipinski definition) is 3. The van der Waals surface area contributed by atoms with Crippen LogP contribution in [0.4, 0.5) is 15.8 Å². The van der Waals surface area contributed by atoms with Gasteiger partial charge >= 0.3 is 5.97 Å². The largest absolute Gasteiger partial charge is 0.478 e. The number of rotatable bonds is 4. The lowest BCUT2D eigenvalue weighted by Gasteiger charge is -2.12. The van der Waals surface area contributed by atoms with Crippen LogP contribution >= 0.6 is 0 Å². The molecule has 0 heterocycles. The molecule has 2 aromatic rings. The predicted molar refractivity (Wildman–Crippen MR) is 81.0 cm³/mol. The van der Waals surface area contributed by atoms with Crippen LogP contribution in [-0.2, 0) is 6.54 Å². The quantitative estimate of drug-likeness (QED) is 0.754. The first-order valence-corrected chi connectivity index (χ1v) is 6.51. The molecule has 4 nitrogen and oxygen atoms in total. The fraction of sp³-hybridized carbons (Fsp3) is 0.188. The summed E-state index contributed by atoms with van der Waals surface area (Å²) in [6.07, 6.45) is 0. The molecule has 0 saturated carbocycles. The predicted octanol–water partition coefficient (Wildman–Crippen LogP) is 3.34. The van der Waals surface area contributed by atoms with E-state index in [1.807, 2.05) is 0 Å². The molecule has 0 spiro atoms. The number of nitrogens with one attached hydrogen (secondary N) is 1. The maximum absolute atomic E-state index is 13.6. The van der Waals surface area contributed by atoms with Gasteiger partial charge in [0.05, 0.1) is 5.56 Å². The van der Waals surface area contributed by atoms with E-state index in [0.717, 1.165) is 5.56 Å². The fourth-order valence-corrected chi connectivity index (χ4v) is 2.23. The van der Waals surface area contributed by atoms with E-state index < -0.39 is 5.97 Å². The Hall–Kier alpha value is -2.56. The van der Waals surface area contributed by atoms with E-state index in [1.165, 1.54) is 6.07 Å². The van der Waals surface area contributed by atoms with Crippen molar-refractivity contribution in [1.82, 2.24) is 0 Å². The number of hydrogen-bond donors (Lipinski definition) is 3. The van der Waals surface area contributed by atoms with Gasteiger partial charge in [-0.15, -0.1) is 0 Å². The van der Waals surface area contributed by atoms with Crippen molar-refractivity contribution in [3.8, 4) is 0 Å². The van der Waals surface area contributed by atoms with Gasteiger partial charge in [-0.25, -0.2) is 9.18 Å². The number of halogens is 1. The van der Waals surface area contributed by atoms with Gasteiger partial charge in [0.25, 0.3) is 0 Å². The first kappa shape index (κ1) is 14.8. The highest BCUT2D eigenvalue weighted by Crippen LogP contribution is 2.21. The molecule has 5 heteroatoms. The second-order valence-corrected chi connectivity index (χ2v) is 5.01. The van der Waals surface area contributed by atoms with Crippen LogP contribution in [0.2, 0.25) is 0 Å². The van der Waals surface area contributed by atoms with Crippen molar-refractivity contribution in [2.75, 3.05) is 11.1 Å². The summed E-state index contributed by atoms with van der Waals surface area (Å²) in [5.74, 6) is -1.26. The Morgan fingerprint density at radius 3 is 2.43 bits per heavy atom. The molecule has 0 amide bonds. The Morgan fingerprint density at radius 1 is 1.24 bits per heavy atom. The summed E-state index contributed by atoms with van der Waals surface area (Å²) in [4.78, 5) is 11.2. The summed E-state index contributed by atoms with van der Waals surface area (Å²) in [6.45, 7) is 3.82. The van der Waals surface area contributed by atoms with E-state index >= 15 is 0 Å². The molecule has 0 aliphatic carbocycles. The molecule has 0 fully saturated rings. The van der Waals surface area contributed by atoms with Crippen LogP contribution in [-0.4, -0.2) is 11.1 Å². The Morgan fingerprint density at radius 2 is 1.86 bits per heavy atom. The zero-order chi connectivity index (χ0) is 15.6. The molecule has 4 N–H and O–H groups in total. The van der Waals surface area contributed by atoms with Gasteiger partial charge in [-0.05, 0) is 48.7 Å². The summed E-state index contributed by atoms with van der Waals surface area (Å²) in [6, 6.07) is 8.16. The van der Waals surface area contributed by atoms with Crippen LogP contribution in [0.1, 0.15) is 27.0 Å². The van der Waals surface area contributed by atoms with E-state index in [-0.39, 0.29) is 11.4 Å². The number of aromatic carboxylic acids is 1. The molecule has 0 radical (unpaired) electrons. The van der Waals surface area contributed by atoms with Gasteiger partial charge in [0.1, 0.15) is 5.82 Å². The molecule has 0 bridgehead atoms. The maximum atomic E-state index is 13.6. The van der Waals surface area contributed by atoms with Crippen LogP contribution in [0.5, 0.6) is 0 Å². The molecule has 110 valence electrons. The smallest absolute Gasteiger partial charge is 0.337 e. The summed E-state index contributed by atoms with van der Waals surface area (Å²) >= 11 is 0. The average molecular weight is 288 g/mol. The highest BCUT2D eigenvalue weighted by Gasteiger charge is 2.11. The topological polar surface area (TPSA) is 75.3 Å². The molecule has 0 saturated heterocycles. The highest BCUT2D eigenvalue weighted by molar-refractivity contribution is 5.95. The van der Waals surface area contributed by atoms with Crippen molar-refractivity contribution in [2.24, 2.45) is 0 Å². The summed E-state index contributed by atoms with van der Waals surface area (Å²) < 4.78 is 13.6. The standard InChI is InChI=1S/C16H17FN2O2/c1-9-5-11(6-10(2)15(9)17)8-19-14-4-3-12(18)7-13(14)16(20)21/h3-7,19H,8,18H2,1-2H3,(H,20,21). The average Bonchev–Trinajstić information content (AvgIpc) is 2.43. The molecule has 0 unspecified atom stereocenters. The van der Waals surface area contributed by atoms with Crippen molar-refractivity contribution in [3.63, 3.8) is 0 Å². The Balaban J connectivity index is 2.22. The maximum Gasteiger partial charge on any atom is 0.337 e. The molecule has 0 aliphatic rings. The Kier molecular flexibility index (Phi) is 4.12. The normalized spacial score (nSPS) is 10.4. The lowest BCUT2D eigenvalue weighted by molar-refractivity contribution is 0.0698. The van der Waals surface area contributed by atoms with Gasteiger partial charge in [0, 0.05) is 17.9 Å². The van der Waals surface area contributed by atoms with Crippen molar-refractivity contribution in [3.05, 3.63) is 58.4 Å². The fourth-order valence-electron chi connectivity index (χ4n) is 2.23. The van der Waals surface area contributed by atoms with Crippen molar-refractivity contribution < 1.29 is 14.3 Å². The SMILES string of the molecule is Cc1cc(CNc2ccc(N)cc2C(=O)O)cc(C)c1F. The monoisotopic (exact) mass is 288 g/mol. The third-order valence-electron chi connectivity index (χ3n) is 3.25. The molecule has 2 aromatic carbocycles. The second-order valence-electron chi connectivity index (χ2n) is 5.01. The van der Waals surface area contributed by atoms with Gasteiger partial charge < -0.3 is 16.2 Å². The minimum atomic E-state index is -1.05. The van der Waals surface area contributed by atoms with Gasteiger partial charge in [-0.3, -0.25) is 0 Å². The van der Waals surface area contributed by atoms with E-state index in [9.17, 15) is 9.18 Å². The molecule has 0 atom stereocenters. The van der Waals surface area contributed by atoms with Crippen LogP contribution in [0, 0.1) is 19.7 Å². The first-order valence-electron chi connectivity index (χ1n) is 6.51. The van der Waals surface area contributed by atoms with Gasteiger partial charge in [0.15, 0.2) is 0 Å². The number of carboxylic acids is 1. The van der Waals surface area contributed by atoms with Crippen LogP contribution < -0.4 is 11.1 Å². The Labute approximate surface area is 122 Å². The second kappa shape index (κ2) is 5.83. The van der Waals surface area contributed by atoms with Crippen LogP contribution in [0.3, 0.4) is 0 Å². The van der Waals surface area contributed by atoms with Gasteiger partial charge in [-0.1, -0.05) is 12.1 Å². The Bertz CT molecular complexity index is 676. The number of aryl methyl sites for hydroxylation is 2. The number of nitrogens with two attached hydrogens (primary N) is 1. The van der Waals surface area contributed by atoms with Crippen molar-refractivity contribution in [1.29, 1.82) is 0 Å². The molecule has 2 rings (SSSR count). The van der Waals surface area contributed by atoms with E-state index in [0.29, 0.717) is 29.0 Å². The van der Waals surface area contributed by atoms with Crippen molar-refractivity contribution in [2.45, 2.75) is 20.4 Å².